The van der Waals surface area contributed by atoms with Gasteiger partial charge in [0.15, 0.2) is 0 Å². The molecule has 0 aliphatic carbocycles. The fraction of sp³-hybridized carbons (Fsp3) is 0.500. The summed E-state index contributed by atoms with van der Waals surface area (Å²) in [5.74, 6) is 0. The van der Waals surface area contributed by atoms with E-state index >= 15 is 0 Å². The molecule has 1 aromatic rings. The van der Waals surface area contributed by atoms with Gasteiger partial charge in [0.05, 0.1) is 10.7 Å². The number of benzene rings is 1. The van der Waals surface area contributed by atoms with E-state index < -0.39 is 0 Å². The molecule has 88 valence electrons. The number of rotatable bonds is 1. The van der Waals surface area contributed by atoms with Crippen LogP contribution < -0.4 is 10.6 Å². The average Bonchev–Trinajstić information content (AvgIpc) is 2.28. The van der Waals surface area contributed by atoms with E-state index in [9.17, 15) is 0 Å². The lowest BCUT2D eigenvalue weighted by atomic mass is 10.1. The molecule has 1 fully saturated rings. The Morgan fingerprint density at radius 2 is 1.81 bits per heavy atom. The first kappa shape index (κ1) is 11.6. The van der Waals surface area contributed by atoms with E-state index in [1.54, 1.807) is 0 Å². The molecule has 1 saturated heterocycles. The van der Waals surface area contributed by atoms with Crippen molar-refractivity contribution in [2.45, 2.75) is 6.92 Å². The Kier molecular flexibility index (Phi) is 3.26. The summed E-state index contributed by atoms with van der Waals surface area (Å²) in [5.41, 5.74) is 8.75. The molecule has 0 unspecified atom stereocenters. The minimum atomic E-state index is 0.664. The van der Waals surface area contributed by atoms with E-state index in [-0.39, 0.29) is 0 Å². The molecule has 0 atom stereocenters. The number of nitrogens with zero attached hydrogens (tertiary/aromatic N) is 2. The Morgan fingerprint density at radius 3 is 2.44 bits per heavy atom. The summed E-state index contributed by atoms with van der Waals surface area (Å²) in [5, 5.41) is 0.691. The van der Waals surface area contributed by atoms with Crippen LogP contribution in [-0.4, -0.2) is 38.1 Å². The van der Waals surface area contributed by atoms with E-state index in [4.69, 9.17) is 17.3 Å². The number of anilines is 2. The van der Waals surface area contributed by atoms with Crippen LogP contribution in [0.25, 0.3) is 0 Å². The van der Waals surface area contributed by atoms with Gasteiger partial charge in [0.2, 0.25) is 0 Å². The molecule has 3 nitrogen and oxygen atoms in total. The van der Waals surface area contributed by atoms with Crippen molar-refractivity contribution in [3.63, 3.8) is 0 Å². The number of nitrogens with two attached hydrogens (primary N) is 1. The first-order chi connectivity index (χ1) is 7.59. The molecule has 1 aliphatic rings. The van der Waals surface area contributed by atoms with Crippen LogP contribution in [0.5, 0.6) is 0 Å². The van der Waals surface area contributed by atoms with Gasteiger partial charge in [-0.3, -0.25) is 0 Å². The molecule has 2 N–H and O–H groups in total. The zero-order valence-corrected chi connectivity index (χ0v) is 10.6. The van der Waals surface area contributed by atoms with Gasteiger partial charge in [0.25, 0.3) is 0 Å². The van der Waals surface area contributed by atoms with Crippen LogP contribution in [0.1, 0.15) is 5.56 Å². The summed E-state index contributed by atoms with van der Waals surface area (Å²) in [4.78, 5) is 4.71. The van der Waals surface area contributed by atoms with Crippen molar-refractivity contribution in [1.82, 2.24) is 4.90 Å². The monoisotopic (exact) mass is 239 g/mol. The minimum absolute atomic E-state index is 0.664. The zero-order chi connectivity index (χ0) is 11.7. The molecule has 0 saturated carbocycles. The van der Waals surface area contributed by atoms with Crippen LogP contribution in [0.3, 0.4) is 0 Å². The quantitative estimate of drug-likeness (QED) is 0.761. The van der Waals surface area contributed by atoms with Crippen molar-refractivity contribution >= 4 is 23.0 Å². The fourth-order valence-corrected chi connectivity index (χ4v) is 2.25. The highest BCUT2D eigenvalue weighted by Gasteiger charge is 2.17. The predicted octanol–water partition coefficient (Wildman–Crippen LogP) is 1.98. The fourth-order valence-electron chi connectivity index (χ4n) is 2.09. The largest absolute Gasteiger partial charge is 0.398 e. The van der Waals surface area contributed by atoms with Gasteiger partial charge in [-0.25, -0.2) is 0 Å². The van der Waals surface area contributed by atoms with Gasteiger partial charge in [-0.2, -0.15) is 0 Å². The average molecular weight is 240 g/mol. The molecular weight excluding hydrogens is 222 g/mol. The molecule has 0 spiro atoms. The highest BCUT2D eigenvalue weighted by molar-refractivity contribution is 6.34. The topological polar surface area (TPSA) is 32.5 Å². The molecule has 4 heteroatoms. The van der Waals surface area contributed by atoms with Gasteiger partial charge >= 0.3 is 0 Å². The Labute approximate surface area is 102 Å². The molecule has 0 amide bonds. The summed E-state index contributed by atoms with van der Waals surface area (Å²) < 4.78 is 0. The molecule has 0 bridgehead atoms. The Balaban J connectivity index is 2.24. The van der Waals surface area contributed by atoms with E-state index in [0.717, 1.165) is 31.7 Å². The Morgan fingerprint density at radius 1 is 1.19 bits per heavy atom. The number of hydrogen-bond acceptors (Lipinski definition) is 3. The third-order valence-corrected chi connectivity index (χ3v) is 3.73. The maximum absolute atomic E-state index is 6.17. The van der Waals surface area contributed by atoms with E-state index in [1.807, 2.05) is 13.0 Å². The van der Waals surface area contributed by atoms with Crippen molar-refractivity contribution in [3.05, 3.63) is 22.7 Å². The molecule has 16 heavy (non-hydrogen) atoms. The molecule has 0 aromatic heterocycles. The van der Waals surface area contributed by atoms with E-state index in [1.165, 1.54) is 5.69 Å². The van der Waals surface area contributed by atoms with Gasteiger partial charge in [-0.05, 0) is 31.7 Å². The van der Waals surface area contributed by atoms with Crippen LogP contribution in [0, 0.1) is 6.92 Å². The lowest BCUT2D eigenvalue weighted by Gasteiger charge is -2.35. The van der Waals surface area contributed by atoms with E-state index in [0.29, 0.717) is 10.7 Å². The third-order valence-electron chi connectivity index (χ3n) is 3.23. The van der Waals surface area contributed by atoms with Crippen molar-refractivity contribution in [2.75, 3.05) is 43.9 Å². The lowest BCUT2D eigenvalue weighted by molar-refractivity contribution is 0.312. The summed E-state index contributed by atoms with van der Waals surface area (Å²) in [7, 11) is 2.15. The molecule has 0 radical (unpaired) electrons. The molecule has 2 rings (SSSR count). The zero-order valence-electron chi connectivity index (χ0n) is 9.83. The van der Waals surface area contributed by atoms with Gasteiger partial charge in [0.1, 0.15) is 0 Å². The minimum Gasteiger partial charge on any atom is -0.398 e. The first-order valence-electron chi connectivity index (χ1n) is 5.57. The summed E-state index contributed by atoms with van der Waals surface area (Å²) >= 11 is 6.17. The van der Waals surface area contributed by atoms with Crippen molar-refractivity contribution < 1.29 is 0 Å². The lowest BCUT2D eigenvalue weighted by Crippen LogP contribution is -2.44. The molecule has 1 aromatic carbocycles. The maximum Gasteiger partial charge on any atom is 0.0685 e. The van der Waals surface area contributed by atoms with Gasteiger partial charge in [-0.1, -0.05) is 11.6 Å². The maximum atomic E-state index is 6.17. The smallest absolute Gasteiger partial charge is 0.0685 e. The number of halogens is 1. The number of piperazine rings is 1. The normalized spacial score (nSPS) is 17.8. The van der Waals surface area contributed by atoms with Crippen LogP contribution in [0.4, 0.5) is 11.4 Å². The second-order valence-corrected chi connectivity index (χ2v) is 4.78. The summed E-state index contributed by atoms with van der Waals surface area (Å²) in [6.07, 6.45) is 0. The third kappa shape index (κ3) is 2.11. The number of nitrogen functional groups attached to an aromatic ring is 1. The summed E-state index contributed by atoms with van der Waals surface area (Å²) in [6.45, 7) is 6.34. The SMILES string of the molecule is Cc1c(N2CCN(C)CC2)ccc(N)c1Cl. The standard InChI is InChI=1S/C12H18ClN3/c1-9-11(4-3-10(14)12(9)13)16-7-5-15(2)6-8-16/h3-4H,5-8,14H2,1-2H3. The summed E-state index contributed by atoms with van der Waals surface area (Å²) in [6, 6.07) is 3.96. The number of hydrogen-bond donors (Lipinski definition) is 1. The Bertz CT molecular complexity index is 384. The van der Waals surface area contributed by atoms with Crippen LogP contribution >= 0.6 is 11.6 Å². The Hall–Kier alpha value is -0.930. The second-order valence-electron chi connectivity index (χ2n) is 4.40. The first-order valence-corrected chi connectivity index (χ1v) is 5.95. The van der Waals surface area contributed by atoms with Gasteiger partial charge in [-0.15, -0.1) is 0 Å². The van der Waals surface area contributed by atoms with Crippen molar-refractivity contribution in [1.29, 1.82) is 0 Å². The predicted molar refractivity (Wildman–Crippen MR) is 70.3 cm³/mol. The highest BCUT2D eigenvalue weighted by Crippen LogP contribution is 2.31. The van der Waals surface area contributed by atoms with E-state index in [2.05, 4.69) is 22.9 Å². The van der Waals surface area contributed by atoms with Crippen molar-refractivity contribution in [3.8, 4) is 0 Å². The molecule has 1 aliphatic heterocycles. The molecular formula is C12H18ClN3. The van der Waals surface area contributed by atoms with Crippen LogP contribution in [0.2, 0.25) is 5.02 Å². The van der Waals surface area contributed by atoms with Crippen LogP contribution in [0.15, 0.2) is 12.1 Å². The number of likely N-dealkylation sites (N-methyl/N-ethyl adjacent to an activating group) is 1. The second kappa shape index (κ2) is 4.52. The highest BCUT2D eigenvalue weighted by atomic mass is 35.5. The van der Waals surface area contributed by atoms with Gasteiger partial charge in [0, 0.05) is 31.9 Å². The van der Waals surface area contributed by atoms with Crippen LogP contribution in [-0.2, 0) is 0 Å². The van der Waals surface area contributed by atoms with Gasteiger partial charge < -0.3 is 15.5 Å². The van der Waals surface area contributed by atoms with Crippen molar-refractivity contribution in [2.24, 2.45) is 0 Å². The molecule has 1 heterocycles.